The molecule has 1 N–H and O–H groups in total. The summed E-state index contributed by atoms with van der Waals surface area (Å²) in [7, 11) is 1.30. The van der Waals surface area contributed by atoms with Gasteiger partial charge in [-0.15, -0.1) is 11.6 Å². The zero-order valence-corrected chi connectivity index (χ0v) is 19.4. The van der Waals surface area contributed by atoms with E-state index in [9.17, 15) is 9.59 Å². The predicted octanol–water partition coefficient (Wildman–Crippen LogP) is 6.34. The number of benzene rings is 2. The number of hydrogen-bond donors (Lipinski definition) is 1. The normalized spacial score (nSPS) is 10.2. The van der Waals surface area contributed by atoms with Crippen LogP contribution in [-0.4, -0.2) is 24.2 Å². The SMILES string of the molecule is COC(=O)c1ccc(CCl)o1.Cc1ccc(-c2ccc(OCc3ccc(C(=O)O)o3)cc2)cc1. The first-order valence-electron chi connectivity index (χ1n) is 10.2. The molecule has 0 aliphatic rings. The van der Waals surface area contributed by atoms with Crippen LogP contribution in [0.1, 0.15) is 38.2 Å². The minimum atomic E-state index is -1.08. The number of aryl methyl sites for hydroxylation is 1. The molecule has 0 unspecified atom stereocenters. The molecular formula is C26H23ClO7. The lowest BCUT2D eigenvalue weighted by Crippen LogP contribution is -1.98. The summed E-state index contributed by atoms with van der Waals surface area (Å²) < 4.78 is 20.2. The van der Waals surface area contributed by atoms with Crippen molar-refractivity contribution >= 4 is 23.5 Å². The molecule has 0 radical (unpaired) electrons. The monoisotopic (exact) mass is 482 g/mol. The van der Waals surface area contributed by atoms with Crippen LogP contribution in [0, 0.1) is 6.92 Å². The molecule has 2 aromatic heterocycles. The maximum absolute atomic E-state index is 10.8. The van der Waals surface area contributed by atoms with Crippen molar-refractivity contribution in [3.8, 4) is 16.9 Å². The molecule has 0 atom stereocenters. The summed E-state index contributed by atoms with van der Waals surface area (Å²) in [4.78, 5) is 21.5. The third-order valence-corrected chi connectivity index (χ3v) is 4.94. The number of carbonyl (C=O) groups is 2. The fourth-order valence-electron chi connectivity index (χ4n) is 2.87. The van der Waals surface area contributed by atoms with Crippen LogP contribution in [0.5, 0.6) is 5.75 Å². The van der Waals surface area contributed by atoms with Crippen molar-refractivity contribution in [2.45, 2.75) is 19.4 Å². The fraction of sp³-hybridized carbons (Fsp3) is 0.154. The number of alkyl halides is 1. The number of aromatic carboxylic acids is 1. The van der Waals surface area contributed by atoms with Crippen molar-refractivity contribution in [3.63, 3.8) is 0 Å². The summed E-state index contributed by atoms with van der Waals surface area (Å²) in [5.41, 5.74) is 3.50. The average molecular weight is 483 g/mol. The molecule has 0 spiro atoms. The van der Waals surface area contributed by atoms with E-state index in [1.165, 1.54) is 24.8 Å². The minimum absolute atomic E-state index is 0.0849. The molecule has 7 nitrogen and oxygen atoms in total. The van der Waals surface area contributed by atoms with Gasteiger partial charge in [0, 0.05) is 0 Å². The third-order valence-electron chi connectivity index (χ3n) is 4.67. The second kappa shape index (κ2) is 11.8. The van der Waals surface area contributed by atoms with Crippen LogP contribution in [0.25, 0.3) is 11.1 Å². The highest BCUT2D eigenvalue weighted by atomic mass is 35.5. The standard InChI is InChI=1S/C19H16O4.C7H7ClO3/c1-13-2-4-14(5-3-13)15-6-8-16(9-7-15)22-12-17-10-11-18(23-17)19(20)21;1-10-7(9)6-3-2-5(4-8)11-6/h2-11H,12H2,1H3,(H,20,21);2-3H,4H2,1H3. The molecule has 0 amide bonds. The van der Waals surface area contributed by atoms with Crippen molar-refractivity contribution in [1.82, 2.24) is 0 Å². The highest BCUT2D eigenvalue weighted by molar-refractivity contribution is 6.16. The Morgan fingerprint density at radius 3 is 1.91 bits per heavy atom. The van der Waals surface area contributed by atoms with Crippen LogP contribution in [0.3, 0.4) is 0 Å². The maximum Gasteiger partial charge on any atom is 0.373 e. The molecule has 0 aliphatic carbocycles. The van der Waals surface area contributed by atoms with Gasteiger partial charge in [0.05, 0.1) is 13.0 Å². The number of carboxylic acids is 1. The number of ether oxygens (including phenoxy) is 2. The molecule has 0 saturated heterocycles. The van der Waals surface area contributed by atoms with E-state index in [-0.39, 0.29) is 24.0 Å². The first-order valence-corrected chi connectivity index (χ1v) is 10.8. The Bertz CT molecular complexity index is 1220. The van der Waals surface area contributed by atoms with Gasteiger partial charge in [0.15, 0.2) is 0 Å². The summed E-state index contributed by atoms with van der Waals surface area (Å²) >= 11 is 5.44. The second-order valence-corrected chi connectivity index (χ2v) is 7.41. The van der Waals surface area contributed by atoms with Crippen molar-refractivity contribution < 1.29 is 33.0 Å². The van der Waals surface area contributed by atoms with Crippen LogP contribution in [0.15, 0.2) is 81.6 Å². The summed E-state index contributed by atoms with van der Waals surface area (Å²) in [5.74, 6) is 0.532. The van der Waals surface area contributed by atoms with Gasteiger partial charge in [-0.2, -0.15) is 0 Å². The molecule has 0 aliphatic heterocycles. The first-order chi connectivity index (χ1) is 16.4. The van der Waals surface area contributed by atoms with Crippen molar-refractivity contribution in [2.75, 3.05) is 7.11 Å². The van der Waals surface area contributed by atoms with Crippen LogP contribution >= 0.6 is 11.6 Å². The smallest absolute Gasteiger partial charge is 0.373 e. The van der Waals surface area contributed by atoms with E-state index in [0.717, 1.165) is 11.1 Å². The van der Waals surface area contributed by atoms with Gasteiger partial charge in [0.25, 0.3) is 0 Å². The van der Waals surface area contributed by atoms with Crippen molar-refractivity contribution in [2.24, 2.45) is 0 Å². The number of carbonyl (C=O) groups excluding carboxylic acids is 1. The average Bonchev–Trinajstić information content (AvgIpc) is 3.54. The third kappa shape index (κ3) is 6.76. The second-order valence-electron chi connectivity index (χ2n) is 7.14. The van der Waals surface area contributed by atoms with Crippen molar-refractivity contribution in [3.05, 3.63) is 101 Å². The number of carboxylic acid groups (broad SMARTS) is 1. The highest BCUT2D eigenvalue weighted by Crippen LogP contribution is 2.23. The van der Waals surface area contributed by atoms with E-state index in [1.807, 2.05) is 24.3 Å². The number of rotatable bonds is 7. The van der Waals surface area contributed by atoms with Crippen LogP contribution in [0.2, 0.25) is 0 Å². The molecule has 2 aromatic carbocycles. The van der Waals surface area contributed by atoms with Crippen LogP contribution < -0.4 is 4.74 Å². The Morgan fingerprint density at radius 1 is 0.824 bits per heavy atom. The largest absolute Gasteiger partial charge is 0.486 e. The summed E-state index contributed by atoms with van der Waals surface area (Å²) in [5, 5.41) is 8.80. The lowest BCUT2D eigenvalue weighted by Gasteiger charge is -2.06. The topological polar surface area (TPSA) is 99.1 Å². The molecule has 0 bridgehead atoms. The molecule has 4 aromatic rings. The number of furan rings is 2. The first kappa shape index (κ1) is 24.7. The number of methoxy groups -OCH3 is 1. The Morgan fingerprint density at radius 2 is 1.38 bits per heavy atom. The van der Waals surface area contributed by atoms with E-state index in [2.05, 4.69) is 35.9 Å². The van der Waals surface area contributed by atoms with Gasteiger partial charge in [-0.3, -0.25) is 0 Å². The molecule has 0 fully saturated rings. The number of halogens is 1. The molecule has 34 heavy (non-hydrogen) atoms. The lowest BCUT2D eigenvalue weighted by molar-refractivity contribution is 0.0562. The number of esters is 1. The summed E-state index contributed by atoms with van der Waals surface area (Å²) in [6, 6.07) is 22.3. The molecule has 4 rings (SSSR count). The van der Waals surface area contributed by atoms with Gasteiger partial charge in [0.2, 0.25) is 11.5 Å². The fourth-order valence-corrected chi connectivity index (χ4v) is 3.02. The van der Waals surface area contributed by atoms with E-state index in [0.29, 0.717) is 17.3 Å². The highest BCUT2D eigenvalue weighted by Gasteiger charge is 2.10. The van der Waals surface area contributed by atoms with Gasteiger partial charge in [-0.05, 0) is 54.4 Å². The van der Waals surface area contributed by atoms with E-state index < -0.39 is 11.9 Å². The zero-order chi connectivity index (χ0) is 24.5. The molecule has 2 heterocycles. The Labute approximate surface area is 201 Å². The van der Waals surface area contributed by atoms with Crippen LogP contribution in [0.4, 0.5) is 0 Å². The van der Waals surface area contributed by atoms with Gasteiger partial charge >= 0.3 is 11.9 Å². The zero-order valence-electron chi connectivity index (χ0n) is 18.6. The molecule has 8 heteroatoms. The van der Waals surface area contributed by atoms with Gasteiger partial charge in [-0.1, -0.05) is 42.0 Å². The van der Waals surface area contributed by atoms with Crippen molar-refractivity contribution in [1.29, 1.82) is 0 Å². The minimum Gasteiger partial charge on any atom is -0.486 e. The Kier molecular flexibility index (Phi) is 8.54. The number of hydrogen-bond acceptors (Lipinski definition) is 6. The van der Waals surface area contributed by atoms with Gasteiger partial charge in [-0.25, -0.2) is 9.59 Å². The Balaban J connectivity index is 0.000000248. The quantitative estimate of drug-likeness (QED) is 0.242. The molecule has 176 valence electrons. The summed E-state index contributed by atoms with van der Waals surface area (Å²) in [6.45, 7) is 2.25. The van der Waals surface area contributed by atoms with Crippen LogP contribution in [-0.2, 0) is 17.2 Å². The lowest BCUT2D eigenvalue weighted by atomic mass is 10.0. The maximum atomic E-state index is 10.8. The molecular weight excluding hydrogens is 460 g/mol. The molecule has 0 saturated carbocycles. The van der Waals surface area contributed by atoms with E-state index in [1.54, 1.807) is 12.1 Å². The van der Waals surface area contributed by atoms with Gasteiger partial charge in [0.1, 0.15) is 23.9 Å². The van der Waals surface area contributed by atoms with Gasteiger partial charge < -0.3 is 23.4 Å². The Hall–Kier alpha value is -3.97. The van der Waals surface area contributed by atoms with E-state index >= 15 is 0 Å². The summed E-state index contributed by atoms with van der Waals surface area (Å²) in [6.07, 6.45) is 0. The predicted molar refractivity (Wildman–Crippen MR) is 126 cm³/mol. The van der Waals surface area contributed by atoms with E-state index in [4.69, 9.17) is 30.3 Å².